The van der Waals surface area contributed by atoms with E-state index in [-0.39, 0.29) is 10.8 Å². The lowest BCUT2D eigenvalue weighted by Crippen LogP contribution is -2.46. The van der Waals surface area contributed by atoms with Crippen molar-refractivity contribution in [2.45, 2.75) is 44.7 Å². The largest absolute Gasteiger partial charge is 0.489 e. The average molecular weight is 544 g/mol. The number of aryl methyl sites for hydroxylation is 1. The van der Waals surface area contributed by atoms with E-state index in [9.17, 15) is 13.2 Å². The number of nitrogens with zero attached hydrogens (tertiary/aromatic N) is 1. The van der Waals surface area contributed by atoms with Gasteiger partial charge in [0.15, 0.2) is 0 Å². The van der Waals surface area contributed by atoms with Gasteiger partial charge in [0.2, 0.25) is 10.0 Å². The SMILES string of the molecule is Cc1ccc(S(=O)(=O)N[C@@H](CC(C)C)C(=O)N/N=C\c2ccc(OCc3cccc4ccccc34)cc2)cc1. The molecule has 0 fully saturated rings. The van der Waals surface area contributed by atoms with Crippen LogP contribution >= 0.6 is 0 Å². The summed E-state index contributed by atoms with van der Waals surface area (Å²) >= 11 is 0. The topological polar surface area (TPSA) is 96.9 Å². The molecule has 0 aliphatic rings. The highest BCUT2D eigenvalue weighted by atomic mass is 32.2. The van der Waals surface area contributed by atoms with E-state index in [2.05, 4.69) is 39.5 Å². The van der Waals surface area contributed by atoms with Gasteiger partial charge in [-0.25, -0.2) is 13.8 Å². The molecule has 0 aliphatic carbocycles. The van der Waals surface area contributed by atoms with Crippen molar-refractivity contribution in [3.63, 3.8) is 0 Å². The number of hydrogen-bond acceptors (Lipinski definition) is 5. The number of nitrogens with one attached hydrogen (secondary N) is 2. The van der Waals surface area contributed by atoms with Gasteiger partial charge in [-0.2, -0.15) is 9.82 Å². The molecule has 0 aromatic heterocycles. The molecule has 39 heavy (non-hydrogen) atoms. The van der Waals surface area contributed by atoms with Crippen LogP contribution in [0.3, 0.4) is 0 Å². The normalized spacial score (nSPS) is 12.6. The summed E-state index contributed by atoms with van der Waals surface area (Å²) in [7, 11) is -3.86. The van der Waals surface area contributed by atoms with Crippen LogP contribution in [0.15, 0.2) is 101 Å². The summed E-state index contributed by atoms with van der Waals surface area (Å²) in [5, 5.41) is 6.38. The summed E-state index contributed by atoms with van der Waals surface area (Å²) < 4.78 is 34.2. The second-order valence-corrected chi connectivity index (χ2v) is 11.6. The monoisotopic (exact) mass is 543 g/mol. The Morgan fingerprint density at radius 2 is 1.62 bits per heavy atom. The zero-order chi connectivity index (χ0) is 27.8. The molecule has 8 heteroatoms. The number of sulfonamides is 1. The Morgan fingerprint density at radius 1 is 0.923 bits per heavy atom. The first-order valence-electron chi connectivity index (χ1n) is 12.8. The smallest absolute Gasteiger partial charge is 0.258 e. The van der Waals surface area contributed by atoms with Crippen LogP contribution in [0, 0.1) is 12.8 Å². The summed E-state index contributed by atoms with van der Waals surface area (Å²) in [5.41, 5.74) is 5.28. The number of rotatable bonds is 11. The fourth-order valence-electron chi connectivity index (χ4n) is 4.13. The number of carbonyl (C=O) groups excluding carboxylic acids is 1. The van der Waals surface area contributed by atoms with E-state index >= 15 is 0 Å². The second-order valence-electron chi connectivity index (χ2n) is 9.85. The first kappa shape index (κ1) is 28.0. The van der Waals surface area contributed by atoms with Crippen LogP contribution in [0.4, 0.5) is 0 Å². The maximum atomic E-state index is 12.8. The third kappa shape index (κ3) is 7.75. The number of carbonyl (C=O) groups is 1. The molecule has 0 spiro atoms. The molecule has 0 bridgehead atoms. The number of ether oxygens (including phenoxy) is 1. The quantitative estimate of drug-likeness (QED) is 0.191. The highest BCUT2D eigenvalue weighted by molar-refractivity contribution is 7.89. The minimum atomic E-state index is -3.86. The predicted octanol–water partition coefficient (Wildman–Crippen LogP) is 5.57. The summed E-state index contributed by atoms with van der Waals surface area (Å²) in [4.78, 5) is 12.9. The van der Waals surface area contributed by atoms with Crippen LogP contribution in [-0.2, 0) is 21.4 Å². The van der Waals surface area contributed by atoms with Crippen molar-refractivity contribution in [3.05, 3.63) is 108 Å². The van der Waals surface area contributed by atoms with Gasteiger partial charge in [-0.1, -0.05) is 74.0 Å². The molecule has 1 amide bonds. The predicted molar refractivity (Wildman–Crippen MR) is 155 cm³/mol. The highest BCUT2D eigenvalue weighted by Crippen LogP contribution is 2.21. The summed E-state index contributed by atoms with van der Waals surface area (Å²) in [6, 6.07) is 27.2. The zero-order valence-electron chi connectivity index (χ0n) is 22.3. The van der Waals surface area contributed by atoms with Gasteiger partial charge < -0.3 is 4.74 Å². The summed E-state index contributed by atoms with van der Waals surface area (Å²) in [5.74, 6) is 0.282. The van der Waals surface area contributed by atoms with Crippen LogP contribution in [0.2, 0.25) is 0 Å². The number of fused-ring (bicyclic) bond motifs is 1. The van der Waals surface area contributed by atoms with Crippen molar-refractivity contribution in [3.8, 4) is 5.75 Å². The van der Waals surface area contributed by atoms with Crippen molar-refractivity contribution in [1.29, 1.82) is 0 Å². The van der Waals surface area contributed by atoms with Crippen molar-refractivity contribution >= 4 is 32.9 Å². The van der Waals surface area contributed by atoms with Crippen molar-refractivity contribution < 1.29 is 17.9 Å². The third-order valence-electron chi connectivity index (χ3n) is 6.20. The third-order valence-corrected chi connectivity index (χ3v) is 7.68. The van der Waals surface area contributed by atoms with Crippen LogP contribution in [-0.4, -0.2) is 26.6 Å². The van der Waals surface area contributed by atoms with Crippen molar-refractivity contribution in [2.24, 2.45) is 11.0 Å². The van der Waals surface area contributed by atoms with Crippen LogP contribution in [0.1, 0.15) is 37.0 Å². The van der Waals surface area contributed by atoms with Gasteiger partial charge in [-0.3, -0.25) is 4.79 Å². The highest BCUT2D eigenvalue weighted by Gasteiger charge is 2.26. The van der Waals surface area contributed by atoms with Gasteiger partial charge in [0.1, 0.15) is 18.4 Å². The maximum absolute atomic E-state index is 12.8. The lowest BCUT2D eigenvalue weighted by atomic mass is 10.0. The zero-order valence-corrected chi connectivity index (χ0v) is 23.1. The molecule has 0 aliphatic heterocycles. The lowest BCUT2D eigenvalue weighted by Gasteiger charge is -2.19. The number of hydrazone groups is 1. The van der Waals surface area contributed by atoms with Crippen LogP contribution in [0.5, 0.6) is 5.75 Å². The summed E-state index contributed by atoms with van der Waals surface area (Å²) in [6.07, 6.45) is 1.84. The van der Waals surface area contributed by atoms with Gasteiger partial charge in [0.25, 0.3) is 5.91 Å². The molecule has 0 unspecified atom stereocenters. The molecule has 4 aromatic rings. The van der Waals surface area contributed by atoms with Gasteiger partial charge in [-0.15, -0.1) is 0 Å². The molecule has 2 N–H and O–H groups in total. The van der Waals surface area contributed by atoms with Crippen LogP contribution in [0.25, 0.3) is 10.8 Å². The molecular formula is C31H33N3O4S. The Morgan fingerprint density at radius 3 is 2.33 bits per heavy atom. The van der Waals surface area contributed by atoms with Gasteiger partial charge in [0, 0.05) is 0 Å². The van der Waals surface area contributed by atoms with E-state index in [1.807, 2.05) is 63.2 Å². The Bertz CT molecular complexity index is 1540. The van der Waals surface area contributed by atoms with E-state index in [0.717, 1.165) is 22.1 Å². The van der Waals surface area contributed by atoms with Gasteiger partial charge in [0.05, 0.1) is 11.1 Å². The van der Waals surface area contributed by atoms with E-state index < -0.39 is 22.0 Å². The molecule has 7 nitrogen and oxygen atoms in total. The van der Waals surface area contributed by atoms with Gasteiger partial charge >= 0.3 is 0 Å². The summed E-state index contributed by atoms with van der Waals surface area (Å²) in [6.45, 7) is 6.17. The fraction of sp³-hybridized carbons (Fsp3) is 0.226. The Labute approximate surface area is 230 Å². The first-order chi connectivity index (χ1) is 18.7. The number of benzene rings is 4. The number of amides is 1. The maximum Gasteiger partial charge on any atom is 0.258 e. The molecule has 0 saturated heterocycles. The fourth-order valence-corrected chi connectivity index (χ4v) is 5.34. The van der Waals surface area contributed by atoms with E-state index in [4.69, 9.17) is 4.74 Å². The molecule has 0 saturated carbocycles. The Kier molecular flexibility index (Phi) is 9.11. The molecule has 0 heterocycles. The molecular weight excluding hydrogens is 510 g/mol. The second kappa shape index (κ2) is 12.7. The molecule has 202 valence electrons. The van der Waals surface area contributed by atoms with E-state index in [1.54, 1.807) is 12.1 Å². The lowest BCUT2D eigenvalue weighted by molar-refractivity contribution is -0.123. The standard InChI is InChI=1S/C31H33N3O4S/c1-22(2)19-30(34-39(36,37)28-17-11-23(3)12-18-28)31(35)33-32-20-24-13-15-27(16-14-24)38-21-26-9-6-8-25-7-4-5-10-29(25)26/h4-18,20,22,30,34H,19,21H2,1-3H3,(H,33,35)/b32-20-/t30-/m0/s1. The van der Waals surface area contributed by atoms with E-state index in [0.29, 0.717) is 18.8 Å². The van der Waals surface area contributed by atoms with E-state index in [1.165, 1.54) is 23.7 Å². The van der Waals surface area contributed by atoms with Gasteiger partial charge in [-0.05, 0) is 77.6 Å². The van der Waals surface area contributed by atoms with Crippen molar-refractivity contribution in [2.75, 3.05) is 0 Å². The Hall–Kier alpha value is -4.01. The van der Waals surface area contributed by atoms with Crippen molar-refractivity contribution in [1.82, 2.24) is 10.1 Å². The molecule has 4 rings (SSSR count). The Balaban J connectivity index is 1.35. The minimum absolute atomic E-state index is 0.0897. The number of hydrogen-bond donors (Lipinski definition) is 2. The first-order valence-corrected chi connectivity index (χ1v) is 14.3. The molecule has 0 radical (unpaired) electrons. The van der Waals surface area contributed by atoms with Crippen LogP contribution < -0.4 is 14.9 Å². The minimum Gasteiger partial charge on any atom is -0.489 e. The average Bonchev–Trinajstić information content (AvgIpc) is 2.92. The molecule has 4 aromatic carbocycles. The molecule has 1 atom stereocenters.